The molecule has 0 saturated carbocycles. The number of hydrogen-bond donors (Lipinski definition) is 1. The predicted molar refractivity (Wildman–Crippen MR) is 114 cm³/mol. The SMILES string of the molecule is C[C@H]1CN(C[C@H]2CN(S(=O)(=O)c3cccs3)CCN2c2ccc(O)cc2)CCO1. The molecule has 2 atom stereocenters. The van der Waals surface area contributed by atoms with Gasteiger partial charge < -0.3 is 14.7 Å². The third-order valence-electron chi connectivity index (χ3n) is 5.51. The molecule has 2 aliphatic heterocycles. The van der Waals surface area contributed by atoms with Crippen LogP contribution in [0.5, 0.6) is 5.75 Å². The van der Waals surface area contributed by atoms with Gasteiger partial charge in [-0.2, -0.15) is 4.31 Å². The Morgan fingerprint density at radius 1 is 1.14 bits per heavy atom. The van der Waals surface area contributed by atoms with Crippen LogP contribution in [0, 0.1) is 0 Å². The maximum Gasteiger partial charge on any atom is 0.252 e. The van der Waals surface area contributed by atoms with Gasteiger partial charge in [-0.05, 0) is 42.6 Å². The van der Waals surface area contributed by atoms with Crippen LogP contribution >= 0.6 is 11.3 Å². The van der Waals surface area contributed by atoms with Gasteiger partial charge >= 0.3 is 0 Å². The Labute approximate surface area is 176 Å². The molecule has 0 radical (unpaired) electrons. The molecule has 0 spiro atoms. The lowest BCUT2D eigenvalue weighted by Gasteiger charge is -2.44. The van der Waals surface area contributed by atoms with Crippen molar-refractivity contribution in [1.82, 2.24) is 9.21 Å². The highest BCUT2D eigenvalue weighted by Gasteiger charge is 2.36. The largest absolute Gasteiger partial charge is 0.508 e. The number of benzene rings is 1. The van der Waals surface area contributed by atoms with E-state index in [1.54, 1.807) is 34.0 Å². The monoisotopic (exact) mass is 437 g/mol. The van der Waals surface area contributed by atoms with Crippen molar-refractivity contribution in [3.63, 3.8) is 0 Å². The second-order valence-electron chi connectivity index (χ2n) is 7.60. The van der Waals surface area contributed by atoms with Gasteiger partial charge in [-0.3, -0.25) is 4.90 Å². The van der Waals surface area contributed by atoms with Gasteiger partial charge in [-0.1, -0.05) is 6.07 Å². The van der Waals surface area contributed by atoms with Gasteiger partial charge in [-0.25, -0.2) is 8.42 Å². The first-order valence-electron chi connectivity index (χ1n) is 9.87. The van der Waals surface area contributed by atoms with Gasteiger partial charge in [0.05, 0.1) is 18.8 Å². The van der Waals surface area contributed by atoms with Gasteiger partial charge in [0.2, 0.25) is 0 Å². The first-order valence-corrected chi connectivity index (χ1v) is 12.2. The minimum Gasteiger partial charge on any atom is -0.508 e. The normalized spacial score (nSPS) is 24.7. The molecule has 29 heavy (non-hydrogen) atoms. The number of morpholine rings is 1. The van der Waals surface area contributed by atoms with Crippen LogP contribution in [0.25, 0.3) is 0 Å². The molecule has 7 nitrogen and oxygen atoms in total. The minimum absolute atomic E-state index is 0.0216. The summed E-state index contributed by atoms with van der Waals surface area (Å²) >= 11 is 1.26. The summed E-state index contributed by atoms with van der Waals surface area (Å²) in [4.78, 5) is 4.62. The molecule has 0 aliphatic carbocycles. The van der Waals surface area contributed by atoms with E-state index in [1.807, 2.05) is 12.1 Å². The van der Waals surface area contributed by atoms with Crippen LogP contribution in [-0.4, -0.2) is 80.8 Å². The number of thiophene rings is 1. The van der Waals surface area contributed by atoms with Crippen LogP contribution in [0.4, 0.5) is 5.69 Å². The number of ether oxygens (including phenoxy) is 1. The summed E-state index contributed by atoms with van der Waals surface area (Å²) < 4.78 is 33.8. The summed E-state index contributed by atoms with van der Waals surface area (Å²) in [5.74, 6) is 0.228. The average molecular weight is 438 g/mol. The van der Waals surface area contributed by atoms with Crippen LogP contribution in [0.2, 0.25) is 0 Å². The van der Waals surface area contributed by atoms with Gasteiger partial charge in [0.25, 0.3) is 10.0 Å². The maximum absolute atomic E-state index is 13.1. The predicted octanol–water partition coefficient (Wildman–Crippen LogP) is 2.05. The Kier molecular flexibility index (Phi) is 6.12. The molecule has 0 unspecified atom stereocenters. The highest BCUT2D eigenvalue weighted by atomic mass is 32.2. The Morgan fingerprint density at radius 2 is 1.93 bits per heavy atom. The quantitative estimate of drug-likeness (QED) is 0.772. The number of phenols is 1. The topological polar surface area (TPSA) is 73.3 Å². The van der Waals surface area contributed by atoms with Crippen molar-refractivity contribution >= 4 is 27.0 Å². The van der Waals surface area contributed by atoms with Gasteiger partial charge in [-0.15, -0.1) is 11.3 Å². The lowest BCUT2D eigenvalue weighted by molar-refractivity contribution is -0.0210. The number of piperazine rings is 1. The number of hydrogen-bond acceptors (Lipinski definition) is 7. The van der Waals surface area contributed by atoms with Crippen LogP contribution in [0.15, 0.2) is 46.0 Å². The fraction of sp³-hybridized carbons (Fsp3) is 0.500. The van der Waals surface area contributed by atoms with Crippen molar-refractivity contribution in [3.8, 4) is 5.75 Å². The summed E-state index contributed by atoms with van der Waals surface area (Å²) in [6, 6.07) is 10.6. The lowest BCUT2D eigenvalue weighted by Crippen LogP contribution is -2.59. The van der Waals surface area contributed by atoms with E-state index in [0.29, 0.717) is 30.5 Å². The van der Waals surface area contributed by atoms with E-state index in [4.69, 9.17) is 4.74 Å². The second kappa shape index (κ2) is 8.61. The third kappa shape index (κ3) is 4.59. The number of anilines is 1. The molecule has 1 N–H and O–H groups in total. The molecule has 1 aromatic heterocycles. The van der Waals surface area contributed by atoms with Crippen molar-refractivity contribution < 1.29 is 18.3 Å². The zero-order valence-electron chi connectivity index (χ0n) is 16.5. The summed E-state index contributed by atoms with van der Waals surface area (Å²) in [6.45, 7) is 6.72. The molecule has 0 bridgehead atoms. The molecular formula is C20H27N3O4S2. The molecule has 4 rings (SSSR count). The standard InChI is InChI=1S/C20H27N3O4S2/c1-16-13-21(10-11-27-16)14-18-15-22(29(25,26)20-3-2-12-28-20)8-9-23(18)17-4-6-19(24)7-5-17/h2-7,12,16,18,24H,8-11,13-15H2,1H3/t16-,18-/m0/s1. The third-order valence-corrected chi connectivity index (χ3v) is 8.75. The zero-order chi connectivity index (χ0) is 20.4. The lowest BCUT2D eigenvalue weighted by atomic mass is 10.1. The summed E-state index contributed by atoms with van der Waals surface area (Å²) in [5, 5.41) is 11.4. The van der Waals surface area contributed by atoms with Gasteiger partial charge in [0, 0.05) is 45.0 Å². The number of aromatic hydroxyl groups is 1. The molecule has 1 aromatic carbocycles. The van der Waals surface area contributed by atoms with Crippen LogP contribution < -0.4 is 4.90 Å². The number of nitrogens with zero attached hydrogens (tertiary/aromatic N) is 3. The molecule has 3 heterocycles. The molecule has 2 aromatic rings. The van der Waals surface area contributed by atoms with Crippen molar-refractivity contribution in [1.29, 1.82) is 0 Å². The van der Waals surface area contributed by atoms with Gasteiger partial charge in [0.1, 0.15) is 9.96 Å². The fourth-order valence-electron chi connectivity index (χ4n) is 4.08. The van der Waals surface area contributed by atoms with Crippen LogP contribution in [0.1, 0.15) is 6.92 Å². The van der Waals surface area contributed by atoms with Crippen molar-refractivity contribution in [2.24, 2.45) is 0 Å². The van der Waals surface area contributed by atoms with E-state index < -0.39 is 10.0 Å². The highest BCUT2D eigenvalue weighted by molar-refractivity contribution is 7.91. The van der Waals surface area contributed by atoms with Crippen LogP contribution in [0.3, 0.4) is 0 Å². The molecule has 2 fully saturated rings. The van der Waals surface area contributed by atoms with Gasteiger partial charge in [0.15, 0.2) is 0 Å². The Morgan fingerprint density at radius 3 is 2.62 bits per heavy atom. The second-order valence-corrected chi connectivity index (χ2v) is 10.7. The van der Waals surface area contributed by atoms with Crippen LogP contribution in [-0.2, 0) is 14.8 Å². The Bertz CT molecular complexity index is 902. The fourth-order valence-corrected chi connectivity index (χ4v) is 6.69. The zero-order valence-corrected chi connectivity index (χ0v) is 18.1. The number of phenolic OH excluding ortho intramolecular Hbond substituents is 1. The van der Waals surface area contributed by atoms with E-state index >= 15 is 0 Å². The number of sulfonamides is 1. The summed E-state index contributed by atoms with van der Waals surface area (Å²) in [7, 11) is -3.47. The van der Waals surface area contributed by atoms with Crippen molar-refractivity contribution in [2.75, 3.05) is 50.8 Å². The first kappa shape index (κ1) is 20.6. The molecule has 2 aliphatic rings. The van der Waals surface area contributed by atoms with E-state index in [2.05, 4.69) is 16.7 Å². The smallest absolute Gasteiger partial charge is 0.252 e. The number of rotatable bonds is 5. The molecular weight excluding hydrogens is 410 g/mol. The summed E-state index contributed by atoms with van der Waals surface area (Å²) in [5.41, 5.74) is 1.00. The minimum atomic E-state index is -3.47. The van der Waals surface area contributed by atoms with E-state index in [1.165, 1.54) is 11.3 Å². The Hall–Kier alpha value is -1.65. The molecule has 0 amide bonds. The van der Waals surface area contributed by atoms with Crippen molar-refractivity contribution in [2.45, 2.75) is 23.3 Å². The Balaban J connectivity index is 1.57. The van der Waals surface area contributed by atoms with E-state index in [-0.39, 0.29) is 17.9 Å². The van der Waals surface area contributed by atoms with E-state index in [0.717, 1.165) is 25.3 Å². The maximum atomic E-state index is 13.1. The molecule has 9 heteroatoms. The average Bonchev–Trinajstić information content (AvgIpc) is 3.24. The molecule has 158 valence electrons. The highest BCUT2D eigenvalue weighted by Crippen LogP contribution is 2.28. The summed E-state index contributed by atoms with van der Waals surface area (Å²) in [6.07, 6.45) is 0.181. The van der Waals surface area contributed by atoms with E-state index in [9.17, 15) is 13.5 Å². The molecule has 2 saturated heterocycles. The van der Waals surface area contributed by atoms with Crippen molar-refractivity contribution in [3.05, 3.63) is 41.8 Å². The first-order chi connectivity index (χ1) is 13.9.